The van der Waals surface area contributed by atoms with Gasteiger partial charge in [0.2, 0.25) is 0 Å². The standard InChI is InChI=1S/C27H25N3O2S2/c1-18-15-26(34-27(18)20-5-7-21(29-31)8-6-20)30-13-14-32-25-16-22(9-12-24(25)30)28-17-19-3-10-23(33-2)11-4-19/h3-12,15-16,28H,13-14,17H2,1-2H3. The van der Waals surface area contributed by atoms with Crippen LogP contribution in [0.1, 0.15) is 11.1 Å². The first-order valence-corrected chi connectivity index (χ1v) is 13.1. The highest BCUT2D eigenvalue weighted by Crippen LogP contribution is 2.44. The van der Waals surface area contributed by atoms with Crippen LogP contribution < -0.4 is 15.0 Å². The van der Waals surface area contributed by atoms with E-state index in [1.807, 2.05) is 12.1 Å². The van der Waals surface area contributed by atoms with E-state index in [0.717, 1.165) is 35.8 Å². The Labute approximate surface area is 207 Å². The van der Waals surface area contributed by atoms with Crippen LogP contribution in [-0.2, 0) is 6.54 Å². The number of thiophene rings is 1. The number of thioether (sulfide) groups is 1. The van der Waals surface area contributed by atoms with Crippen molar-refractivity contribution in [2.75, 3.05) is 29.6 Å². The van der Waals surface area contributed by atoms with Crippen molar-refractivity contribution in [2.24, 2.45) is 5.18 Å². The van der Waals surface area contributed by atoms with Crippen LogP contribution in [0.15, 0.2) is 82.9 Å². The predicted octanol–water partition coefficient (Wildman–Crippen LogP) is 7.99. The topological polar surface area (TPSA) is 53.9 Å². The molecule has 2 heterocycles. The fraction of sp³-hybridized carbons (Fsp3) is 0.185. The van der Waals surface area contributed by atoms with Crippen molar-refractivity contribution in [2.45, 2.75) is 18.4 Å². The summed E-state index contributed by atoms with van der Waals surface area (Å²) in [5.74, 6) is 0.892. The molecule has 1 aromatic heterocycles. The maximum atomic E-state index is 10.7. The first kappa shape index (κ1) is 22.5. The monoisotopic (exact) mass is 487 g/mol. The van der Waals surface area contributed by atoms with E-state index in [0.29, 0.717) is 12.3 Å². The van der Waals surface area contributed by atoms with Gasteiger partial charge >= 0.3 is 0 Å². The van der Waals surface area contributed by atoms with E-state index in [1.165, 1.54) is 25.9 Å². The van der Waals surface area contributed by atoms with E-state index in [9.17, 15) is 4.91 Å². The summed E-state index contributed by atoms with van der Waals surface area (Å²) in [4.78, 5) is 15.5. The second kappa shape index (κ2) is 9.91. The number of nitroso groups, excluding NO2 is 1. The third-order valence-electron chi connectivity index (χ3n) is 5.88. The van der Waals surface area contributed by atoms with Gasteiger partial charge in [-0.05, 0) is 77.5 Å². The SMILES string of the molecule is CSc1ccc(CNc2ccc3c(c2)OCCN3c2cc(C)c(-c3ccc(N=O)cc3)s2)cc1. The van der Waals surface area contributed by atoms with Gasteiger partial charge in [0.15, 0.2) is 0 Å². The Balaban J connectivity index is 1.35. The molecule has 0 saturated carbocycles. The summed E-state index contributed by atoms with van der Waals surface area (Å²) in [5, 5.41) is 7.70. The van der Waals surface area contributed by atoms with Crippen LogP contribution in [0.5, 0.6) is 5.75 Å². The summed E-state index contributed by atoms with van der Waals surface area (Å²) in [5.41, 5.74) is 6.12. The molecule has 0 bridgehead atoms. The summed E-state index contributed by atoms with van der Waals surface area (Å²) < 4.78 is 6.03. The van der Waals surface area contributed by atoms with Crippen LogP contribution in [0, 0.1) is 11.8 Å². The molecule has 0 saturated heterocycles. The number of nitrogens with zero attached hydrogens (tertiary/aromatic N) is 2. The minimum atomic E-state index is 0.446. The summed E-state index contributed by atoms with van der Waals surface area (Å²) in [6, 6.07) is 24.6. The number of anilines is 3. The fourth-order valence-corrected chi connectivity index (χ4v) is 5.69. The second-order valence-electron chi connectivity index (χ2n) is 8.12. The number of ether oxygens (including phenoxy) is 1. The molecule has 4 aromatic rings. The fourth-order valence-electron chi connectivity index (χ4n) is 4.07. The van der Waals surface area contributed by atoms with Crippen LogP contribution in [0.25, 0.3) is 10.4 Å². The van der Waals surface area contributed by atoms with Crippen molar-refractivity contribution < 1.29 is 4.74 Å². The summed E-state index contributed by atoms with van der Waals surface area (Å²) >= 11 is 3.51. The molecule has 0 aliphatic carbocycles. The Morgan fingerprint density at radius 3 is 2.59 bits per heavy atom. The summed E-state index contributed by atoms with van der Waals surface area (Å²) in [7, 11) is 0. The Hall–Kier alpha value is -3.29. The molecule has 34 heavy (non-hydrogen) atoms. The number of hydrogen-bond acceptors (Lipinski definition) is 7. The van der Waals surface area contributed by atoms with Crippen molar-refractivity contribution in [1.82, 2.24) is 0 Å². The van der Waals surface area contributed by atoms with Crippen molar-refractivity contribution in [3.63, 3.8) is 0 Å². The highest BCUT2D eigenvalue weighted by atomic mass is 32.2. The number of rotatable bonds is 7. The molecule has 1 N–H and O–H groups in total. The largest absolute Gasteiger partial charge is 0.489 e. The lowest BCUT2D eigenvalue weighted by molar-refractivity contribution is 0.314. The molecule has 7 heteroatoms. The van der Waals surface area contributed by atoms with Crippen molar-refractivity contribution in [3.8, 4) is 16.2 Å². The molecular formula is C27H25N3O2S2. The zero-order valence-electron chi connectivity index (χ0n) is 19.1. The van der Waals surface area contributed by atoms with Crippen LogP contribution in [0.2, 0.25) is 0 Å². The summed E-state index contributed by atoms with van der Waals surface area (Å²) in [6.45, 7) is 4.33. The molecule has 3 aromatic carbocycles. The predicted molar refractivity (Wildman–Crippen MR) is 144 cm³/mol. The molecule has 0 unspecified atom stereocenters. The van der Waals surface area contributed by atoms with Crippen molar-refractivity contribution >= 4 is 45.2 Å². The number of aryl methyl sites for hydroxylation is 1. The maximum absolute atomic E-state index is 10.7. The summed E-state index contributed by atoms with van der Waals surface area (Å²) in [6.07, 6.45) is 2.09. The third-order valence-corrected chi connectivity index (χ3v) is 7.94. The molecule has 0 amide bonds. The third kappa shape index (κ3) is 4.67. The molecule has 172 valence electrons. The lowest BCUT2D eigenvalue weighted by Gasteiger charge is -2.30. The molecular weight excluding hydrogens is 462 g/mol. The minimum Gasteiger partial charge on any atom is -0.489 e. The Morgan fingerprint density at radius 1 is 1.06 bits per heavy atom. The maximum Gasteiger partial charge on any atom is 0.145 e. The van der Waals surface area contributed by atoms with E-state index < -0.39 is 0 Å². The lowest BCUT2D eigenvalue weighted by atomic mass is 10.1. The Bertz CT molecular complexity index is 1300. The normalized spacial score (nSPS) is 12.7. The van der Waals surface area contributed by atoms with E-state index >= 15 is 0 Å². The van der Waals surface area contributed by atoms with Crippen LogP contribution >= 0.6 is 23.1 Å². The molecule has 0 fully saturated rings. The van der Waals surface area contributed by atoms with Gasteiger partial charge in [0.1, 0.15) is 18.0 Å². The lowest BCUT2D eigenvalue weighted by Crippen LogP contribution is -2.27. The van der Waals surface area contributed by atoms with Crippen LogP contribution in [-0.4, -0.2) is 19.4 Å². The highest BCUT2D eigenvalue weighted by molar-refractivity contribution is 7.98. The van der Waals surface area contributed by atoms with Crippen molar-refractivity contribution in [1.29, 1.82) is 0 Å². The van der Waals surface area contributed by atoms with Gasteiger partial charge in [0.25, 0.3) is 0 Å². The molecule has 1 aliphatic rings. The molecule has 1 aliphatic heterocycles. The quantitative estimate of drug-likeness (QED) is 0.211. The van der Waals surface area contributed by atoms with E-state index in [2.05, 4.69) is 77.1 Å². The first-order chi connectivity index (χ1) is 16.6. The van der Waals surface area contributed by atoms with Crippen molar-refractivity contribution in [3.05, 3.63) is 88.8 Å². The smallest absolute Gasteiger partial charge is 0.145 e. The average molecular weight is 488 g/mol. The number of nitrogens with one attached hydrogen (secondary N) is 1. The number of benzene rings is 3. The zero-order valence-corrected chi connectivity index (χ0v) is 20.7. The molecule has 5 nitrogen and oxygen atoms in total. The Kier molecular flexibility index (Phi) is 6.56. The highest BCUT2D eigenvalue weighted by Gasteiger charge is 2.22. The number of fused-ring (bicyclic) bond motifs is 1. The Morgan fingerprint density at radius 2 is 1.85 bits per heavy atom. The van der Waals surface area contributed by atoms with Crippen LogP contribution in [0.4, 0.5) is 22.1 Å². The van der Waals surface area contributed by atoms with E-state index in [1.54, 1.807) is 35.2 Å². The van der Waals surface area contributed by atoms with Gasteiger partial charge in [-0.25, -0.2) is 0 Å². The molecule has 0 radical (unpaired) electrons. The van der Waals surface area contributed by atoms with Gasteiger partial charge in [-0.15, -0.1) is 28.0 Å². The van der Waals surface area contributed by atoms with Gasteiger partial charge in [-0.3, -0.25) is 0 Å². The van der Waals surface area contributed by atoms with Gasteiger partial charge in [0, 0.05) is 28.1 Å². The molecule has 0 atom stereocenters. The molecule has 0 spiro atoms. The van der Waals surface area contributed by atoms with Gasteiger partial charge in [0.05, 0.1) is 17.2 Å². The first-order valence-electron chi connectivity index (χ1n) is 11.1. The average Bonchev–Trinajstić information content (AvgIpc) is 3.28. The van der Waals surface area contributed by atoms with Gasteiger partial charge < -0.3 is 15.0 Å². The molecule has 5 rings (SSSR count). The number of hydrogen-bond donors (Lipinski definition) is 1. The van der Waals surface area contributed by atoms with E-state index in [4.69, 9.17) is 4.74 Å². The minimum absolute atomic E-state index is 0.446. The van der Waals surface area contributed by atoms with E-state index in [-0.39, 0.29) is 0 Å². The zero-order chi connectivity index (χ0) is 23.5. The second-order valence-corrected chi connectivity index (χ2v) is 10.0. The van der Waals surface area contributed by atoms with Gasteiger partial charge in [-0.2, -0.15) is 0 Å². The van der Waals surface area contributed by atoms with Gasteiger partial charge in [-0.1, -0.05) is 24.3 Å². The van der Waals surface area contributed by atoms with Crippen LogP contribution in [0.3, 0.4) is 0 Å².